The lowest BCUT2D eigenvalue weighted by Gasteiger charge is -2.30. The largest absolute Gasteiger partial charge is 0.381 e. The Kier molecular flexibility index (Phi) is 5.58. The lowest BCUT2D eigenvalue weighted by atomic mass is 9.89. The van der Waals surface area contributed by atoms with Gasteiger partial charge in [-0.1, -0.05) is 27.7 Å². The molecule has 0 spiro atoms. The maximum absolute atomic E-state index is 5.49. The second kappa shape index (κ2) is 7.01. The molecule has 1 aromatic rings. The van der Waals surface area contributed by atoms with Crippen molar-refractivity contribution in [3.63, 3.8) is 0 Å². The second-order valence-corrected chi connectivity index (χ2v) is 7.64. The SMILES string of the molecule is CCNC(Cc1nc(C(C)(C)C)cs1)C1CCOCC1. The average molecular weight is 296 g/mol. The molecule has 0 radical (unpaired) electrons. The van der Waals surface area contributed by atoms with Gasteiger partial charge < -0.3 is 10.1 Å². The van der Waals surface area contributed by atoms with Crippen LogP contribution in [0.15, 0.2) is 5.38 Å². The van der Waals surface area contributed by atoms with Crippen molar-refractivity contribution in [3.8, 4) is 0 Å². The first-order valence-electron chi connectivity index (χ1n) is 7.76. The summed E-state index contributed by atoms with van der Waals surface area (Å²) in [7, 11) is 0. The van der Waals surface area contributed by atoms with Gasteiger partial charge in [-0.15, -0.1) is 11.3 Å². The van der Waals surface area contributed by atoms with Gasteiger partial charge >= 0.3 is 0 Å². The molecule has 114 valence electrons. The van der Waals surface area contributed by atoms with Crippen molar-refractivity contribution in [3.05, 3.63) is 16.1 Å². The lowest BCUT2D eigenvalue weighted by molar-refractivity contribution is 0.0539. The fraction of sp³-hybridized carbons (Fsp3) is 0.812. The fourth-order valence-corrected chi connectivity index (χ4v) is 3.80. The Labute approximate surface area is 127 Å². The molecule has 3 nitrogen and oxygen atoms in total. The van der Waals surface area contributed by atoms with Gasteiger partial charge in [-0.25, -0.2) is 4.98 Å². The summed E-state index contributed by atoms with van der Waals surface area (Å²) >= 11 is 1.81. The Morgan fingerprint density at radius 1 is 1.40 bits per heavy atom. The van der Waals surface area contributed by atoms with Crippen LogP contribution in [0, 0.1) is 5.92 Å². The lowest BCUT2D eigenvalue weighted by Crippen LogP contribution is -2.40. The summed E-state index contributed by atoms with van der Waals surface area (Å²) in [6, 6.07) is 0.544. The summed E-state index contributed by atoms with van der Waals surface area (Å²) in [6.07, 6.45) is 3.41. The third-order valence-electron chi connectivity index (χ3n) is 4.02. The second-order valence-electron chi connectivity index (χ2n) is 6.69. The molecule has 20 heavy (non-hydrogen) atoms. The summed E-state index contributed by atoms with van der Waals surface area (Å²) in [5.41, 5.74) is 1.38. The minimum atomic E-state index is 0.154. The number of nitrogens with zero attached hydrogens (tertiary/aromatic N) is 1. The molecule has 1 unspecified atom stereocenters. The molecule has 0 saturated carbocycles. The van der Waals surface area contributed by atoms with Gasteiger partial charge in [0, 0.05) is 36.5 Å². The molecule has 0 aromatic carbocycles. The topological polar surface area (TPSA) is 34.2 Å². The molecule has 1 aliphatic heterocycles. The highest BCUT2D eigenvalue weighted by atomic mass is 32.1. The van der Waals surface area contributed by atoms with E-state index in [1.807, 2.05) is 11.3 Å². The third kappa shape index (κ3) is 4.27. The number of ether oxygens (including phenoxy) is 1. The normalized spacial score (nSPS) is 19.2. The van der Waals surface area contributed by atoms with Crippen LogP contribution in [0.5, 0.6) is 0 Å². The number of aromatic nitrogens is 1. The van der Waals surface area contributed by atoms with Crippen molar-refractivity contribution in [2.24, 2.45) is 5.92 Å². The van der Waals surface area contributed by atoms with Gasteiger partial charge in [-0.3, -0.25) is 0 Å². The van der Waals surface area contributed by atoms with E-state index in [1.165, 1.54) is 23.5 Å². The van der Waals surface area contributed by atoms with Crippen LogP contribution in [0.2, 0.25) is 0 Å². The van der Waals surface area contributed by atoms with Gasteiger partial charge in [0.05, 0.1) is 10.7 Å². The van der Waals surface area contributed by atoms with E-state index in [1.54, 1.807) is 0 Å². The van der Waals surface area contributed by atoms with Gasteiger partial charge in [-0.05, 0) is 25.3 Å². The van der Waals surface area contributed by atoms with E-state index in [4.69, 9.17) is 9.72 Å². The Balaban J connectivity index is 2.01. The van der Waals surface area contributed by atoms with Gasteiger partial charge in [0.15, 0.2) is 0 Å². The quantitative estimate of drug-likeness (QED) is 0.904. The number of hydrogen-bond donors (Lipinski definition) is 1. The first-order chi connectivity index (χ1) is 9.50. The maximum Gasteiger partial charge on any atom is 0.0944 e. The molecule has 1 aromatic heterocycles. The predicted molar refractivity (Wildman–Crippen MR) is 85.5 cm³/mol. The molecular weight excluding hydrogens is 268 g/mol. The first-order valence-corrected chi connectivity index (χ1v) is 8.64. The van der Waals surface area contributed by atoms with Crippen molar-refractivity contribution in [2.75, 3.05) is 19.8 Å². The van der Waals surface area contributed by atoms with E-state index in [-0.39, 0.29) is 5.41 Å². The van der Waals surface area contributed by atoms with E-state index in [0.717, 1.165) is 32.1 Å². The number of likely N-dealkylation sites (N-methyl/N-ethyl adjacent to an activating group) is 1. The van der Waals surface area contributed by atoms with Gasteiger partial charge in [-0.2, -0.15) is 0 Å². The van der Waals surface area contributed by atoms with E-state index in [9.17, 15) is 0 Å². The monoisotopic (exact) mass is 296 g/mol. The Bertz CT molecular complexity index is 405. The minimum Gasteiger partial charge on any atom is -0.381 e. The molecule has 1 fully saturated rings. The number of thiazole rings is 1. The van der Waals surface area contributed by atoms with E-state index >= 15 is 0 Å². The number of hydrogen-bond acceptors (Lipinski definition) is 4. The molecule has 4 heteroatoms. The molecule has 1 aliphatic rings. The predicted octanol–water partition coefficient (Wildman–Crippen LogP) is 3.39. The van der Waals surface area contributed by atoms with Crippen LogP contribution in [-0.4, -0.2) is 30.8 Å². The summed E-state index contributed by atoms with van der Waals surface area (Å²) in [4.78, 5) is 4.85. The first kappa shape index (κ1) is 15.9. The zero-order valence-electron chi connectivity index (χ0n) is 13.2. The van der Waals surface area contributed by atoms with Crippen LogP contribution in [0.25, 0.3) is 0 Å². The third-order valence-corrected chi connectivity index (χ3v) is 4.89. The van der Waals surface area contributed by atoms with Crippen LogP contribution in [0.3, 0.4) is 0 Å². The smallest absolute Gasteiger partial charge is 0.0944 e. The Hall–Kier alpha value is -0.450. The molecule has 0 aliphatic carbocycles. The molecule has 1 saturated heterocycles. The van der Waals surface area contributed by atoms with Crippen molar-refractivity contribution >= 4 is 11.3 Å². The molecule has 0 amide bonds. The fourth-order valence-electron chi connectivity index (χ4n) is 2.72. The highest BCUT2D eigenvalue weighted by molar-refractivity contribution is 7.09. The molecule has 1 atom stereocenters. The van der Waals surface area contributed by atoms with Gasteiger partial charge in [0.1, 0.15) is 0 Å². The molecular formula is C16H28N2OS. The zero-order valence-corrected chi connectivity index (χ0v) is 14.1. The summed E-state index contributed by atoms with van der Waals surface area (Å²) in [5, 5.41) is 7.16. The standard InChI is InChI=1S/C16H28N2OS/c1-5-17-13(12-6-8-19-9-7-12)10-15-18-14(11-20-15)16(2,3)4/h11-13,17H,5-10H2,1-4H3. The van der Waals surface area contributed by atoms with Crippen LogP contribution < -0.4 is 5.32 Å². The Morgan fingerprint density at radius 2 is 2.10 bits per heavy atom. The highest BCUT2D eigenvalue weighted by Gasteiger charge is 2.25. The number of rotatable bonds is 5. The van der Waals surface area contributed by atoms with Crippen molar-refractivity contribution in [1.29, 1.82) is 0 Å². The van der Waals surface area contributed by atoms with Gasteiger partial charge in [0.2, 0.25) is 0 Å². The van der Waals surface area contributed by atoms with E-state index in [2.05, 4.69) is 38.4 Å². The van der Waals surface area contributed by atoms with E-state index < -0.39 is 0 Å². The van der Waals surface area contributed by atoms with Crippen molar-refractivity contribution in [2.45, 2.75) is 58.4 Å². The Morgan fingerprint density at radius 3 is 2.65 bits per heavy atom. The van der Waals surface area contributed by atoms with Crippen molar-refractivity contribution in [1.82, 2.24) is 10.3 Å². The van der Waals surface area contributed by atoms with Crippen LogP contribution in [0.4, 0.5) is 0 Å². The van der Waals surface area contributed by atoms with Crippen molar-refractivity contribution < 1.29 is 4.74 Å². The van der Waals surface area contributed by atoms with Crippen LogP contribution >= 0.6 is 11.3 Å². The zero-order chi connectivity index (χ0) is 14.6. The average Bonchev–Trinajstić information content (AvgIpc) is 2.88. The highest BCUT2D eigenvalue weighted by Crippen LogP contribution is 2.27. The number of nitrogens with one attached hydrogen (secondary N) is 1. The van der Waals surface area contributed by atoms with Crippen LogP contribution in [0.1, 0.15) is 51.2 Å². The van der Waals surface area contributed by atoms with Gasteiger partial charge in [0.25, 0.3) is 0 Å². The molecule has 0 bridgehead atoms. The summed E-state index contributed by atoms with van der Waals surface area (Å²) in [6.45, 7) is 11.7. The molecule has 2 heterocycles. The summed E-state index contributed by atoms with van der Waals surface area (Å²) < 4.78 is 5.49. The maximum atomic E-state index is 5.49. The molecule has 2 rings (SSSR count). The van der Waals surface area contributed by atoms with E-state index in [0.29, 0.717) is 6.04 Å². The molecule has 1 N–H and O–H groups in total. The minimum absolute atomic E-state index is 0.154. The van der Waals surface area contributed by atoms with Crippen LogP contribution in [-0.2, 0) is 16.6 Å². The summed E-state index contributed by atoms with van der Waals surface area (Å²) in [5.74, 6) is 0.727.